The summed E-state index contributed by atoms with van der Waals surface area (Å²) in [5.74, 6) is -0.649. The highest BCUT2D eigenvalue weighted by Crippen LogP contribution is 2.23. The van der Waals surface area contributed by atoms with Gasteiger partial charge in [-0.2, -0.15) is 0 Å². The molecule has 0 aliphatic heterocycles. The lowest BCUT2D eigenvalue weighted by atomic mass is 10.1. The van der Waals surface area contributed by atoms with E-state index in [0.717, 1.165) is 5.56 Å². The average Bonchev–Trinajstić information content (AvgIpc) is 2.87. The number of benzene rings is 2. The number of nitrogens with two attached hydrogens (primary N) is 1. The molecule has 0 radical (unpaired) electrons. The molecule has 0 bridgehead atoms. The van der Waals surface area contributed by atoms with E-state index in [2.05, 4.69) is 5.32 Å². The van der Waals surface area contributed by atoms with Gasteiger partial charge in [0.2, 0.25) is 0 Å². The Kier molecular flexibility index (Phi) is 12.1. The van der Waals surface area contributed by atoms with Gasteiger partial charge in [0.25, 0.3) is 12.2 Å². The minimum Gasteiger partial charge on any atom is -0.476 e. The maximum Gasteiger partial charge on any atom is 0.413 e. The molecule has 10 heteroatoms. The van der Waals surface area contributed by atoms with Gasteiger partial charge in [-0.3, -0.25) is 4.79 Å². The van der Waals surface area contributed by atoms with Crippen molar-refractivity contribution in [1.29, 1.82) is 0 Å². The molecule has 0 aromatic heterocycles. The number of hydrogen-bond donors (Lipinski definition) is 2. The Balaban J connectivity index is 1.92. The molecule has 0 saturated heterocycles. The number of rotatable bonds is 13. The first kappa shape index (κ1) is 31.9. The van der Waals surface area contributed by atoms with Gasteiger partial charge in [0, 0.05) is 42.2 Å². The lowest BCUT2D eigenvalue weighted by Gasteiger charge is -2.31. The number of nitrogens with zero attached hydrogens (tertiary/aromatic N) is 1. The van der Waals surface area contributed by atoms with E-state index >= 15 is 0 Å². The number of hydrogen-bond acceptors (Lipinski definition) is 7. The fourth-order valence-electron chi connectivity index (χ4n) is 3.49. The van der Waals surface area contributed by atoms with Crippen LogP contribution in [0.3, 0.4) is 0 Å². The van der Waals surface area contributed by atoms with Gasteiger partial charge < -0.3 is 30.2 Å². The van der Waals surface area contributed by atoms with Crippen LogP contribution in [-0.2, 0) is 20.7 Å². The summed E-state index contributed by atoms with van der Waals surface area (Å²) in [6, 6.07) is 13.8. The molecule has 0 heterocycles. The SMILES string of the molecule is CC(C)C(OC(=O)N(CCN)C(C)C)OC(=O)C(C)(C)Oc1ccc(CCNC(=O)c2ccc(Cl)cc2)cc1. The quantitative estimate of drug-likeness (QED) is 0.266. The average molecular weight is 562 g/mol. The summed E-state index contributed by atoms with van der Waals surface area (Å²) in [4.78, 5) is 39.3. The monoisotopic (exact) mass is 561 g/mol. The lowest BCUT2D eigenvalue weighted by Crippen LogP contribution is -2.46. The first-order chi connectivity index (χ1) is 18.3. The first-order valence-corrected chi connectivity index (χ1v) is 13.4. The van der Waals surface area contributed by atoms with E-state index in [1.807, 2.05) is 26.0 Å². The fraction of sp³-hybridized carbons (Fsp3) is 0.483. The van der Waals surface area contributed by atoms with Gasteiger partial charge in [-0.05, 0) is 76.1 Å². The number of nitrogens with one attached hydrogen (secondary N) is 1. The van der Waals surface area contributed by atoms with Gasteiger partial charge >= 0.3 is 12.1 Å². The third-order valence-electron chi connectivity index (χ3n) is 5.81. The van der Waals surface area contributed by atoms with Gasteiger partial charge in [0.15, 0.2) is 5.60 Å². The molecule has 2 rings (SSSR count). The van der Waals surface area contributed by atoms with Crippen molar-refractivity contribution in [3.05, 3.63) is 64.7 Å². The summed E-state index contributed by atoms with van der Waals surface area (Å²) >= 11 is 5.86. The van der Waals surface area contributed by atoms with E-state index in [1.165, 1.54) is 4.90 Å². The predicted octanol–water partition coefficient (Wildman–Crippen LogP) is 4.80. The van der Waals surface area contributed by atoms with Gasteiger partial charge in [-0.1, -0.05) is 37.6 Å². The normalized spacial score (nSPS) is 12.2. The van der Waals surface area contributed by atoms with Crippen LogP contribution < -0.4 is 15.8 Å². The zero-order valence-corrected chi connectivity index (χ0v) is 24.3. The molecule has 1 atom stereocenters. The van der Waals surface area contributed by atoms with E-state index < -0.39 is 24.0 Å². The minimum atomic E-state index is -1.34. The third kappa shape index (κ3) is 10.1. The number of carbonyl (C=O) groups excluding carboxylic acids is 3. The highest BCUT2D eigenvalue weighted by molar-refractivity contribution is 6.30. The van der Waals surface area contributed by atoms with Crippen LogP contribution >= 0.6 is 11.6 Å². The maximum absolute atomic E-state index is 13.0. The van der Waals surface area contributed by atoms with E-state index in [0.29, 0.717) is 35.8 Å². The second-order valence-corrected chi connectivity index (χ2v) is 10.7. The van der Waals surface area contributed by atoms with Crippen LogP contribution in [0, 0.1) is 5.92 Å². The van der Waals surface area contributed by atoms with Crippen molar-refractivity contribution in [2.75, 3.05) is 19.6 Å². The molecule has 0 aliphatic carbocycles. The van der Waals surface area contributed by atoms with Crippen LogP contribution in [-0.4, -0.2) is 60.4 Å². The Morgan fingerprint density at radius 2 is 1.59 bits per heavy atom. The van der Waals surface area contributed by atoms with Gasteiger partial charge in [-0.25, -0.2) is 9.59 Å². The van der Waals surface area contributed by atoms with Gasteiger partial charge in [0.05, 0.1) is 0 Å². The number of halogens is 1. The number of amides is 2. The molecular weight excluding hydrogens is 522 g/mol. The molecular formula is C29H40ClN3O6. The van der Waals surface area contributed by atoms with Crippen LogP contribution in [0.4, 0.5) is 4.79 Å². The molecule has 9 nitrogen and oxygen atoms in total. The van der Waals surface area contributed by atoms with Crippen molar-refractivity contribution in [3.63, 3.8) is 0 Å². The zero-order chi connectivity index (χ0) is 29.2. The smallest absolute Gasteiger partial charge is 0.413 e. The molecule has 1 unspecified atom stereocenters. The van der Waals surface area contributed by atoms with Crippen molar-refractivity contribution in [2.24, 2.45) is 11.7 Å². The Morgan fingerprint density at radius 3 is 2.13 bits per heavy atom. The van der Waals surface area contributed by atoms with Gasteiger partial charge in [0.1, 0.15) is 5.75 Å². The second kappa shape index (κ2) is 14.7. The van der Waals surface area contributed by atoms with E-state index in [1.54, 1.807) is 64.1 Å². The lowest BCUT2D eigenvalue weighted by molar-refractivity contribution is -0.191. The Labute approximate surface area is 235 Å². The molecule has 2 aromatic rings. The number of ether oxygens (including phenoxy) is 3. The molecule has 0 spiro atoms. The Bertz CT molecular complexity index is 1090. The third-order valence-corrected chi connectivity index (χ3v) is 6.06. The molecule has 0 fully saturated rings. The standard InChI is InChI=1S/C29H40ClN3O6/c1-19(2)26(38-28(36)33(18-16-31)20(3)4)37-27(35)29(5,6)39-24-13-7-21(8-14-24)15-17-32-25(34)22-9-11-23(30)12-10-22/h7-14,19-20,26H,15-18,31H2,1-6H3,(H,32,34). The summed E-state index contributed by atoms with van der Waals surface area (Å²) in [7, 11) is 0. The van der Waals surface area contributed by atoms with Crippen molar-refractivity contribution in [3.8, 4) is 5.75 Å². The van der Waals surface area contributed by atoms with Crippen LogP contribution in [0.5, 0.6) is 5.75 Å². The topological polar surface area (TPSA) is 120 Å². The highest BCUT2D eigenvalue weighted by Gasteiger charge is 2.36. The molecule has 3 N–H and O–H groups in total. The first-order valence-electron chi connectivity index (χ1n) is 13.0. The van der Waals surface area contributed by atoms with Crippen LogP contribution in [0.25, 0.3) is 0 Å². The van der Waals surface area contributed by atoms with Crippen LogP contribution in [0.15, 0.2) is 48.5 Å². The Morgan fingerprint density at radius 1 is 0.974 bits per heavy atom. The minimum absolute atomic E-state index is 0.118. The molecule has 0 saturated carbocycles. The molecule has 214 valence electrons. The Hall–Kier alpha value is -3.30. The van der Waals surface area contributed by atoms with Crippen LogP contribution in [0.2, 0.25) is 5.02 Å². The van der Waals surface area contributed by atoms with Crippen LogP contribution in [0.1, 0.15) is 57.5 Å². The highest BCUT2D eigenvalue weighted by atomic mass is 35.5. The van der Waals surface area contributed by atoms with E-state index in [-0.39, 0.29) is 24.4 Å². The van der Waals surface area contributed by atoms with Crippen molar-refractivity contribution in [1.82, 2.24) is 10.2 Å². The van der Waals surface area contributed by atoms with E-state index in [9.17, 15) is 14.4 Å². The summed E-state index contributed by atoms with van der Waals surface area (Å²) in [5.41, 5.74) is 5.79. The molecule has 39 heavy (non-hydrogen) atoms. The van der Waals surface area contributed by atoms with Gasteiger partial charge in [-0.15, -0.1) is 0 Å². The summed E-state index contributed by atoms with van der Waals surface area (Å²) in [6.07, 6.45) is -1.07. The molecule has 2 aromatic carbocycles. The number of carbonyl (C=O) groups is 3. The summed E-state index contributed by atoms with van der Waals surface area (Å²) < 4.78 is 17.0. The predicted molar refractivity (Wildman–Crippen MR) is 151 cm³/mol. The molecule has 2 amide bonds. The summed E-state index contributed by atoms with van der Waals surface area (Å²) in [5, 5.41) is 3.45. The van der Waals surface area contributed by atoms with Crippen molar-refractivity contribution < 1.29 is 28.6 Å². The summed E-state index contributed by atoms with van der Waals surface area (Å²) in [6.45, 7) is 11.5. The zero-order valence-electron chi connectivity index (χ0n) is 23.5. The maximum atomic E-state index is 13.0. The fourth-order valence-corrected chi connectivity index (χ4v) is 3.62. The van der Waals surface area contributed by atoms with Crippen molar-refractivity contribution >= 4 is 29.6 Å². The van der Waals surface area contributed by atoms with E-state index in [4.69, 9.17) is 31.5 Å². The molecule has 0 aliphatic rings. The van der Waals surface area contributed by atoms with Crippen molar-refractivity contribution in [2.45, 2.75) is 65.9 Å². The second-order valence-electron chi connectivity index (χ2n) is 10.2. The number of esters is 1. The largest absolute Gasteiger partial charge is 0.476 e.